The van der Waals surface area contributed by atoms with Crippen LogP contribution in [0.3, 0.4) is 0 Å². The van der Waals surface area contributed by atoms with Gasteiger partial charge in [-0.25, -0.2) is 18.7 Å². The normalized spacial score (nSPS) is 15.3. The third-order valence-corrected chi connectivity index (χ3v) is 4.81. The van der Waals surface area contributed by atoms with Crippen LogP contribution in [0.15, 0.2) is 42.7 Å². The Morgan fingerprint density at radius 1 is 1.27 bits per heavy atom. The first kappa shape index (κ1) is 18.6. The number of alkyl halides is 2. The summed E-state index contributed by atoms with van der Waals surface area (Å²) in [5, 5.41) is 3.35. The number of likely N-dealkylation sites (tertiary alicyclic amines) is 1. The van der Waals surface area contributed by atoms with Gasteiger partial charge in [-0.15, -0.1) is 0 Å². The van der Waals surface area contributed by atoms with Gasteiger partial charge in [0.25, 0.3) is 6.43 Å². The Kier molecular flexibility index (Phi) is 5.71. The van der Waals surface area contributed by atoms with Crippen molar-refractivity contribution >= 4 is 23.2 Å². The average molecular weight is 379 g/mol. The number of piperidine rings is 1. The minimum absolute atomic E-state index is 0.0862. The van der Waals surface area contributed by atoms with Gasteiger partial charge in [-0.3, -0.25) is 0 Å². The molecule has 26 heavy (non-hydrogen) atoms. The van der Waals surface area contributed by atoms with E-state index in [2.05, 4.69) is 26.8 Å². The molecule has 1 saturated heterocycles. The Morgan fingerprint density at radius 3 is 2.65 bits per heavy atom. The topological polar surface area (TPSA) is 41.1 Å². The molecule has 0 amide bonds. The zero-order valence-corrected chi connectivity index (χ0v) is 15.3. The van der Waals surface area contributed by atoms with Crippen LogP contribution in [0.2, 0.25) is 5.15 Å². The molecule has 1 aliphatic heterocycles. The van der Waals surface area contributed by atoms with Crippen LogP contribution in [-0.4, -0.2) is 28.0 Å². The van der Waals surface area contributed by atoms with Gasteiger partial charge < -0.3 is 10.2 Å². The number of hydrogen-bond donors (Lipinski definition) is 1. The monoisotopic (exact) mass is 378 g/mol. The summed E-state index contributed by atoms with van der Waals surface area (Å²) in [7, 11) is 0. The van der Waals surface area contributed by atoms with E-state index in [1.165, 1.54) is 18.3 Å². The summed E-state index contributed by atoms with van der Waals surface area (Å²) >= 11 is 6.18. The molecule has 3 rings (SSSR count). The molecule has 0 aliphatic carbocycles. The second-order valence-corrected chi connectivity index (χ2v) is 6.89. The fourth-order valence-corrected chi connectivity index (χ4v) is 3.41. The van der Waals surface area contributed by atoms with Crippen LogP contribution in [0.25, 0.3) is 0 Å². The Hall–Kier alpha value is -2.21. The summed E-state index contributed by atoms with van der Waals surface area (Å²) in [6.07, 6.45) is 0.820. The minimum Gasteiger partial charge on any atom is -0.375 e. The van der Waals surface area contributed by atoms with Gasteiger partial charge in [0.15, 0.2) is 0 Å². The van der Waals surface area contributed by atoms with E-state index in [1.807, 2.05) is 19.1 Å². The number of pyridine rings is 2. The lowest BCUT2D eigenvalue weighted by atomic mass is 9.90. The van der Waals surface area contributed by atoms with Crippen LogP contribution in [0.4, 0.5) is 20.4 Å². The van der Waals surface area contributed by atoms with Gasteiger partial charge in [-0.2, -0.15) is 0 Å². The van der Waals surface area contributed by atoms with Crippen LogP contribution in [0, 0.1) is 0 Å². The standard InChI is InChI=1S/C19H21ClF2N4/c1-12(2)26-7-4-13(5-8-26)15-9-16(20)24-18(11-15)25-17-10-14(19(21)22)3-6-23-17/h3,6,9-11,13,19H,1,4-5,7-8H2,2H3,(H,23,24,25). The van der Waals surface area contributed by atoms with Crippen molar-refractivity contribution < 1.29 is 8.78 Å². The zero-order valence-electron chi connectivity index (χ0n) is 14.6. The molecular weight excluding hydrogens is 358 g/mol. The maximum absolute atomic E-state index is 12.8. The van der Waals surface area contributed by atoms with Gasteiger partial charge in [0.05, 0.1) is 0 Å². The maximum atomic E-state index is 12.8. The van der Waals surface area contributed by atoms with Crippen molar-refractivity contribution in [3.8, 4) is 0 Å². The number of allylic oxidation sites excluding steroid dienone is 1. The number of nitrogens with one attached hydrogen (secondary N) is 1. The molecule has 0 bridgehead atoms. The number of aromatic nitrogens is 2. The third kappa shape index (κ3) is 4.49. The summed E-state index contributed by atoms with van der Waals surface area (Å²) in [5.74, 6) is 1.21. The third-order valence-electron chi connectivity index (χ3n) is 4.61. The van der Waals surface area contributed by atoms with Gasteiger partial charge in [0.1, 0.15) is 16.8 Å². The molecule has 0 saturated carbocycles. The predicted molar refractivity (Wildman–Crippen MR) is 100 cm³/mol. The Balaban J connectivity index is 1.76. The summed E-state index contributed by atoms with van der Waals surface area (Å²) in [6.45, 7) is 7.93. The molecule has 2 aromatic heterocycles. The Bertz CT molecular complexity index is 789. The van der Waals surface area contributed by atoms with Crippen molar-refractivity contribution in [2.75, 3.05) is 18.4 Å². The molecule has 138 valence electrons. The van der Waals surface area contributed by atoms with E-state index in [9.17, 15) is 8.78 Å². The number of halogens is 3. The largest absolute Gasteiger partial charge is 0.375 e. The first-order valence-electron chi connectivity index (χ1n) is 8.51. The van der Waals surface area contributed by atoms with Crippen molar-refractivity contribution in [3.63, 3.8) is 0 Å². The zero-order chi connectivity index (χ0) is 18.7. The summed E-state index contributed by atoms with van der Waals surface area (Å²) in [6, 6.07) is 6.40. The molecule has 3 heterocycles. The van der Waals surface area contributed by atoms with E-state index in [0.717, 1.165) is 37.2 Å². The van der Waals surface area contributed by atoms with Crippen molar-refractivity contribution in [1.82, 2.24) is 14.9 Å². The first-order valence-corrected chi connectivity index (χ1v) is 8.89. The van der Waals surface area contributed by atoms with E-state index in [-0.39, 0.29) is 5.56 Å². The second kappa shape index (κ2) is 7.99. The molecule has 0 aromatic carbocycles. The molecule has 0 unspecified atom stereocenters. The van der Waals surface area contributed by atoms with Crippen molar-refractivity contribution in [3.05, 3.63) is 59.0 Å². The molecule has 0 spiro atoms. The van der Waals surface area contributed by atoms with E-state index in [1.54, 1.807) is 0 Å². The van der Waals surface area contributed by atoms with Crippen molar-refractivity contribution in [2.24, 2.45) is 0 Å². The Morgan fingerprint density at radius 2 is 2.00 bits per heavy atom. The molecule has 1 N–H and O–H groups in total. The summed E-state index contributed by atoms with van der Waals surface area (Å²) in [5.41, 5.74) is 2.10. The summed E-state index contributed by atoms with van der Waals surface area (Å²) < 4.78 is 25.7. The van der Waals surface area contributed by atoms with E-state index in [0.29, 0.717) is 22.7 Å². The molecule has 2 aromatic rings. The van der Waals surface area contributed by atoms with Crippen LogP contribution >= 0.6 is 11.6 Å². The van der Waals surface area contributed by atoms with Crippen LogP contribution in [0.5, 0.6) is 0 Å². The number of anilines is 2. The van der Waals surface area contributed by atoms with Gasteiger partial charge in [-0.1, -0.05) is 18.2 Å². The SMILES string of the molecule is C=C(C)N1CCC(c2cc(Cl)nc(Nc3cc(C(F)F)ccn3)c2)CC1. The van der Waals surface area contributed by atoms with Gasteiger partial charge in [0, 0.05) is 30.5 Å². The predicted octanol–water partition coefficient (Wildman–Crippen LogP) is 5.52. The summed E-state index contributed by atoms with van der Waals surface area (Å²) in [4.78, 5) is 10.6. The Labute approximate surface area is 156 Å². The van der Waals surface area contributed by atoms with E-state index >= 15 is 0 Å². The van der Waals surface area contributed by atoms with Crippen molar-refractivity contribution in [1.29, 1.82) is 0 Å². The average Bonchev–Trinajstić information content (AvgIpc) is 2.61. The van der Waals surface area contributed by atoms with Crippen molar-refractivity contribution in [2.45, 2.75) is 32.1 Å². The first-order chi connectivity index (χ1) is 12.4. The molecule has 0 radical (unpaired) electrons. The van der Waals surface area contributed by atoms with E-state index < -0.39 is 6.43 Å². The van der Waals surface area contributed by atoms with Crippen LogP contribution in [0.1, 0.15) is 43.2 Å². The van der Waals surface area contributed by atoms with Gasteiger partial charge >= 0.3 is 0 Å². The molecular formula is C19H21ClF2N4. The number of hydrogen-bond acceptors (Lipinski definition) is 4. The fourth-order valence-electron chi connectivity index (χ4n) is 3.19. The highest BCUT2D eigenvalue weighted by Crippen LogP contribution is 2.32. The minimum atomic E-state index is -2.54. The lowest BCUT2D eigenvalue weighted by Gasteiger charge is -2.34. The molecule has 1 fully saturated rings. The highest BCUT2D eigenvalue weighted by atomic mass is 35.5. The van der Waals surface area contributed by atoms with Crippen LogP contribution < -0.4 is 5.32 Å². The lowest BCUT2D eigenvalue weighted by Crippen LogP contribution is -2.31. The molecule has 1 aliphatic rings. The van der Waals surface area contributed by atoms with Crippen LogP contribution in [-0.2, 0) is 0 Å². The number of rotatable bonds is 5. The smallest absolute Gasteiger partial charge is 0.264 e. The lowest BCUT2D eigenvalue weighted by molar-refractivity contribution is 0.151. The highest BCUT2D eigenvalue weighted by molar-refractivity contribution is 6.29. The molecule has 7 heteroatoms. The second-order valence-electron chi connectivity index (χ2n) is 6.51. The van der Waals surface area contributed by atoms with Gasteiger partial charge in [-0.05, 0) is 55.5 Å². The van der Waals surface area contributed by atoms with E-state index in [4.69, 9.17) is 11.6 Å². The fraction of sp³-hybridized carbons (Fsp3) is 0.368. The van der Waals surface area contributed by atoms with Gasteiger partial charge in [0.2, 0.25) is 0 Å². The molecule has 0 atom stereocenters. The maximum Gasteiger partial charge on any atom is 0.264 e. The number of nitrogens with zero attached hydrogens (tertiary/aromatic N) is 3. The highest BCUT2D eigenvalue weighted by Gasteiger charge is 2.21. The quantitative estimate of drug-likeness (QED) is 0.695. The molecule has 4 nitrogen and oxygen atoms in total.